The SMILES string of the molecule is O=C(OCCS)OSc1cc(-c2ccc([N+](=O)[O-])cc2)ccn1. The fourth-order valence-electron chi connectivity index (χ4n) is 1.64. The third-order valence-corrected chi connectivity index (χ3v) is 3.45. The number of carbonyl (C=O) groups is 1. The van der Waals surface area contributed by atoms with E-state index in [1.807, 2.05) is 0 Å². The number of hydrogen-bond donors (Lipinski definition) is 1. The number of nitro benzene ring substituents is 1. The van der Waals surface area contributed by atoms with Crippen molar-refractivity contribution >= 4 is 36.5 Å². The number of rotatable bonds is 6. The number of thiol groups is 1. The number of nitro groups is 1. The van der Waals surface area contributed by atoms with Crippen molar-refractivity contribution in [3.8, 4) is 11.1 Å². The highest BCUT2D eigenvalue weighted by Crippen LogP contribution is 2.26. The Morgan fingerprint density at radius 1 is 1.26 bits per heavy atom. The van der Waals surface area contributed by atoms with Crippen LogP contribution >= 0.6 is 24.7 Å². The van der Waals surface area contributed by atoms with Crippen molar-refractivity contribution in [2.75, 3.05) is 12.4 Å². The zero-order valence-corrected chi connectivity index (χ0v) is 13.5. The van der Waals surface area contributed by atoms with Crippen LogP contribution in [0.3, 0.4) is 0 Å². The Kier molecular flexibility index (Phi) is 6.24. The van der Waals surface area contributed by atoms with Crippen molar-refractivity contribution in [3.63, 3.8) is 0 Å². The van der Waals surface area contributed by atoms with E-state index in [-0.39, 0.29) is 12.3 Å². The molecule has 2 aromatic rings. The molecule has 1 heterocycles. The molecule has 0 spiro atoms. The number of non-ortho nitro benzene ring substituents is 1. The highest BCUT2D eigenvalue weighted by atomic mass is 32.2. The lowest BCUT2D eigenvalue weighted by Crippen LogP contribution is -2.05. The van der Waals surface area contributed by atoms with Gasteiger partial charge in [0.25, 0.3) is 5.69 Å². The molecular formula is C14H12N2O5S2. The van der Waals surface area contributed by atoms with Gasteiger partial charge in [-0.3, -0.25) is 10.1 Å². The molecule has 0 amide bonds. The molecule has 0 atom stereocenters. The van der Waals surface area contributed by atoms with Gasteiger partial charge < -0.3 is 8.92 Å². The second kappa shape index (κ2) is 8.39. The predicted octanol–water partition coefficient (Wildman–Crippen LogP) is 3.75. The van der Waals surface area contributed by atoms with Crippen molar-refractivity contribution in [1.29, 1.82) is 0 Å². The van der Waals surface area contributed by atoms with E-state index >= 15 is 0 Å². The molecule has 0 aliphatic carbocycles. The maximum atomic E-state index is 11.2. The van der Waals surface area contributed by atoms with E-state index in [9.17, 15) is 14.9 Å². The maximum absolute atomic E-state index is 11.2. The molecule has 0 aliphatic rings. The van der Waals surface area contributed by atoms with Crippen molar-refractivity contribution in [1.82, 2.24) is 4.98 Å². The topological polar surface area (TPSA) is 91.6 Å². The molecule has 23 heavy (non-hydrogen) atoms. The first-order chi connectivity index (χ1) is 11.1. The van der Waals surface area contributed by atoms with Gasteiger partial charge >= 0.3 is 6.16 Å². The Bertz CT molecular complexity index is 694. The third-order valence-electron chi connectivity index (χ3n) is 2.65. The molecule has 0 radical (unpaired) electrons. The van der Waals surface area contributed by atoms with E-state index in [1.165, 1.54) is 12.1 Å². The van der Waals surface area contributed by atoms with Gasteiger partial charge in [0.1, 0.15) is 23.7 Å². The van der Waals surface area contributed by atoms with Crippen molar-refractivity contribution in [2.24, 2.45) is 0 Å². The van der Waals surface area contributed by atoms with E-state index in [1.54, 1.807) is 30.5 Å². The Hall–Kier alpha value is -2.26. The molecule has 0 saturated carbocycles. The third kappa shape index (κ3) is 5.15. The quantitative estimate of drug-likeness (QED) is 0.278. The van der Waals surface area contributed by atoms with Crippen molar-refractivity contribution < 1.29 is 18.6 Å². The van der Waals surface area contributed by atoms with Crippen LogP contribution in [0.15, 0.2) is 47.6 Å². The monoisotopic (exact) mass is 352 g/mol. The number of nitrogens with zero attached hydrogens (tertiary/aromatic N) is 2. The highest BCUT2D eigenvalue weighted by Gasteiger charge is 2.09. The molecule has 7 nitrogen and oxygen atoms in total. The molecule has 0 N–H and O–H groups in total. The first kappa shape index (κ1) is 17.1. The van der Waals surface area contributed by atoms with Gasteiger partial charge in [0, 0.05) is 24.1 Å². The Morgan fingerprint density at radius 2 is 2.00 bits per heavy atom. The molecular weight excluding hydrogens is 340 g/mol. The first-order valence-corrected chi connectivity index (χ1v) is 7.80. The summed E-state index contributed by atoms with van der Waals surface area (Å²) < 4.78 is 9.55. The Morgan fingerprint density at radius 3 is 2.65 bits per heavy atom. The first-order valence-electron chi connectivity index (χ1n) is 6.43. The molecule has 1 aromatic heterocycles. The summed E-state index contributed by atoms with van der Waals surface area (Å²) in [7, 11) is 0. The van der Waals surface area contributed by atoms with Crippen LogP contribution in [-0.2, 0) is 8.92 Å². The highest BCUT2D eigenvalue weighted by molar-refractivity contribution is 7.95. The van der Waals surface area contributed by atoms with Gasteiger partial charge in [-0.15, -0.1) is 0 Å². The van der Waals surface area contributed by atoms with Gasteiger partial charge in [0.2, 0.25) is 0 Å². The lowest BCUT2D eigenvalue weighted by molar-refractivity contribution is -0.384. The van der Waals surface area contributed by atoms with E-state index < -0.39 is 11.1 Å². The lowest BCUT2D eigenvalue weighted by Gasteiger charge is -2.05. The van der Waals surface area contributed by atoms with Crippen LogP contribution in [0.25, 0.3) is 11.1 Å². The molecule has 0 bridgehead atoms. The van der Waals surface area contributed by atoms with E-state index in [0.717, 1.165) is 23.2 Å². The fraction of sp³-hybridized carbons (Fsp3) is 0.143. The van der Waals surface area contributed by atoms with Crippen LogP contribution in [0, 0.1) is 10.1 Å². The minimum atomic E-state index is -0.813. The zero-order chi connectivity index (χ0) is 16.7. The normalized spacial score (nSPS) is 10.1. The number of aromatic nitrogens is 1. The van der Waals surface area contributed by atoms with Gasteiger partial charge in [-0.25, -0.2) is 9.78 Å². The molecule has 0 fully saturated rings. The molecule has 1 aromatic carbocycles. The Balaban J connectivity index is 2.04. The van der Waals surface area contributed by atoms with Crippen molar-refractivity contribution in [2.45, 2.75) is 5.03 Å². The Labute approximate surface area is 141 Å². The van der Waals surface area contributed by atoms with Gasteiger partial charge in [-0.05, 0) is 35.4 Å². The van der Waals surface area contributed by atoms with E-state index in [2.05, 4.69) is 17.6 Å². The summed E-state index contributed by atoms with van der Waals surface area (Å²) in [5, 5.41) is 11.1. The molecule has 0 saturated heterocycles. The number of benzene rings is 1. The summed E-state index contributed by atoms with van der Waals surface area (Å²) in [5.41, 5.74) is 1.61. The van der Waals surface area contributed by atoms with Gasteiger partial charge in [0.15, 0.2) is 0 Å². The van der Waals surface area contributed by atoms with Crippen LogP contribution < -0.4 is 0 Å². The second-order valence-electron chi connectivity index (χ2n) is 4.18. The number of hydrogen-bond acceptors (Lipinski definition) is 8. The molecule has 2 rings (SSSR count). The average molecular weight is 352 g/mol. The predicted molar refractivity (Wildman–Crippen MR) is 88.5 cm³/mol. The van der Waals surface area contributed by atoms with Crippen LogP contribution in [-0.4, -0.2) is 28.4 Å². The van der Waals surface area contributed by atoms with Crippen molar-refractivity contribution in [3.05, 3.63) is 52.7 Å². The smallest absolute Gasteiger partial charge is 0.433 e. The summed E-state index contributed by atoms with van der Waals surface area (Å²) in [6.45, 7) is 0.165. The molecule has 120 valence electrons. The minimum Gasteiger partial charge on any atom is -0.433 e. The largest absolute Gasteiger partial charge is 0.521 e. The number of carbonyl (C=O) groups excluding carboxylic acids is 1. The van der Waals surface area contributed by atoms with Gasteiger partial charge in [0.05, 0.1) is 4.92 Å². The van der Waals surface area contributed by atoms with Gasteiger partial charge in [-0.1, -0.05) is 0 Å². The summed E-state index contributed by atoms with van der Waals surface area (Å²) in [6, 6.07) is 9.59. The maximum Gasteiger partial charge on any atom is 0.521 e. The standard InChI is InChI=1S/C14H12N2O5S2/c17-14(20-7-8-22)21-23-13-9-11(5-6-15-13)10-1-3-12(4-2-10)16(18)19/h1-6,9,22H,7-8H2. The average Bonchev–Trinajstić information content (AvgIpc) is 2.58. The lowest BCUT2D eigenvalue weighted by atomic mass is 10.1. The second-order valence-corrected chi connectivity index (χ2v) is 5.37. The van der Waals surface area contributed by atoms with Crippen LogP contribution in [0.2, 0.25) is 0 Å². The molecule has 0 unspecified atom stereocenters. The van der Waals surface area contributed by atoms with E-state index in [0.29, 0.717) is 10.8 Å². The van der Waals surface area contributed by atoms with Crippen LogP contribution in [0.4, 0.5) is 10.5 Å². The summed E-state index contributed by atoms with van der Waals surface area (Å²) in [4.78, 5) is 25.5. The zero-order valence-electron chi connectivity index (χ0n) is 11.7. The van der Waals surface area contributed by atoms with Crippen LogP contribution in [0.1, 0.15) is 0 Å². The summed E-state index contributed by atoms with van der Waals surface area (Å²) >= 11 is 4.69. The number of pyridine rings is 1. The fourth-order valence-corrected chi connectivity index (χ4v) is 2.21. The summed E-state index contributed by atoms with van der Waals surface area (Å²) in [6.07, 6.45) is 0.744. The minimum absolute atomic E-state index is 0.0210. The molecule has 0 aliphatic heterocycles. The van der Waals surface area contributed by atoms with Gasteiger partial charge in [-0.2, -0.15) is 12.6 Å². The number of ether oxygens (including phenoxy) is 1. The van der Waals surface area contributed by atoms with E-state index in [4.69, 9.17) is 8.92 Å². The summed E-state index contributed by atoms with van der Waals surface area (Å²) in [5.74, 6) is 0.410. The van der Waals surface area contributed by atoms with Crippen LogP contribution in [0.5, 0.6) is 0 Å². The molecule has 9 heteroatoms.